The number of allylic oxidation sites excluding steroid dienone is 1. The van der Waals surface area contributed by atoms with Crippen molar-refractivity contribution in [3.63, 3.8) is 0 Å². The Kier molecular flexibility index (Phi) is 8.34. The Labute approximate surface area is 266 Å². The van der Waals surface area contributed by atoms with Crippen LogP contribution in [0.1, 0.15) is 51.8 Å². The first-order valence-corrected chi connectivity index (χ1v) is 16.1. The van der Waals surface area contributed by atoms with Crippen molar-refractivity contribution in [2.24, 2.45) is 4.99 Å². The van der Waals surface area contributed by atoms with Crippen molar-refractivity contribution < 1.29 is 14.3 Å². The number of benzene rings is 4. The molecule has 45 heavy (non-hydrogen) atoms. The number of carbonyl (C=O) groups excluding carboxylic acids is 1. The van der Waals surface area contributed by atoms with Gasteiger partial charge in [-0.05, 0) is 74.4 Å². The largest absolute Gasteiger partial charge is 0.496 e. The second kappa shape index (κ2) is 12.4. The van der Waals surface area contributed by atoms with E-state index in [1.807, 2.05) is 107 Å². The minimum atomic E-state index is -0.739. The van der Waals surface area contributed by atoms with Crippen molar-refractivity contribution in [3.8, 4) is 11.5 Å². The highest BCUT2D eigenvalue weighted by Gasteiger charge is 2.36. The molecule has 0 saturated heterocycles. The summed E-state index contributed by atoms with van der Waals surface area (Å²) in [5.41, 5.74) is 2.44. The van der Waals surface area contributed by atoms with Gasteiger partial charge in [-0.3, -0.25) is 14.2 Å². The normalized spacial score (nSPS) is 15.0. The zero-order valence-electron chi connectivity index (χ0n) is 26.5. The molecule has 0 unspecified atom stereocenters. The van der Waals surface area contributed by atoms with Gasteiger partial charge in [0.25, 0.3) is 11.5 Å². The minimum absolute atomic E-state index is 0.0466. The molecule has 5 aromatic rings. The molecular formula is C37H37N3O4S. The van der Waals surface area contributed by atoms with Gasteiger partial charge in [0, 0.05) is 24.2 Å². The molecule has 6 rings (SSSR count). The van der Waals surface area contributed by atoms with Gasteiger partial charge in [0.15, 0.2) is 4.80 Å². The predicted molar refractivity (Wildman–Crippen MR) is 182 cm³/mol. The number of nitrogens with zero attached hydrogens (tertiary/aromatic N) is 3. The van der Waals surface area contributed by atoms with Crippen LogP contribution in [0.4, 0.5) is 0 Å². The molecule has 0 aliphatic carbocycles. The number of amides is 1. The fourth-order valence-corrected chi connectivity index (χ4v) is 7.23. The van der Waals surface area contributed by atoms with Gasteiger partial charge in [-0.15, -0.1) is 0 Å². The Hall–Kier alpha value is -4.69. The van der Waals surface area contributed by atoms with Crippen LogP contribution in [-0.4, -0.2) is 41.7 Å². The van der Waals surface area contributed by atoms with Gasteiger partial charge in [0.1, 0.15) is 17.5 Å². The molecule has 0 spiro atoms. The molecule has 0 saturated carbocycles. The van der Waals surface area contributed by atoms with Crippen LogP contribution in [0.2, 0.25) is 0 Å². The maximum absolute atomic E-state index is 14.6. The van der Waals surface area contributed by atoms with E-state index < -0.39 is 6.04 Å². The van der Waals surface area contributed by atoms with Crippen LogP contribution in [0.5, 0.6) is 11.5 Å². The van der Waals surface area contributed by atoms with E-state index in [9.17, 15) is 9.59 Å². The second-order valence-corrected chi connectivity index (χ2v) is 12.3. The van der Waals surface area contributed by atoms with Crippen molar-refractivity contribution in [1.29, 1.82) is 0 Å². The zero-order chi connectivity index (χ0) is 31.8. The van der Waals surface area contributed by atoms with Gasteiger partial charge in [-0.2, -0.15) is 0 Å². The smallest absolute Gasteiger partial charge is 0.271 e. The molecule has 0 radical (unpaired) electrons. The molecule has 7 nitrogen and oxygen atoms in total. The summed E-state index contributed by atoms with van der Waals surface area (Å²) < 4.78 is 14.3. The number of likely N-dealkylation sites (N-methyl/N-ethyl adjacent to an activating group) is 1. The standard InChI is InChI=1S/C37H37N3O4S/c1-7-39(8-2)36(42)32-23(5)38-37-40(34(32)33-27-16-12-10-14-25(27)18-20-30(33)43-6)35(41)31(45-37)21-28-26-15-11-9-13-24(26)17-19-29(28)44-22(3)4/h9-22,34H,7-8H2,1-6H3/b31-21+/t34-/m1/s1. The molecule has 0 N–H and O–H groups in total. The van der Waals surface area contributed by atoms with Crippen molar-refractivity contribution in [3.05, 3.63) is 115 Å². The van der Waals surface area contributed by atoms with Crippen molar-refractivity contribution in [2.75, 3.05) is 20.2 Å². The van der Waals surface area contributed by atoms with Gasteiger partial charge < -0.3 is 14.4 Å². The lowest BCUT2D eigenvalue weighted by Gasteiger charge is -2.30. The average molecular weight is 620 g/mol. The fraction of sp³-hybridized carbons (Fsp3) is 0.270. The molecule has 2 heterocycles. The molecule has 230 valence electrons. The lowest BCUT2D eigenvalue weighted by Crippen LogP contribution is -2.43. The highest BCUT2D eigenvalue weighted by Crippen LogP contribution is 2.40. The number of fused-ring (bicyclic) bond motifs is 3. The van der Waals surface area contributed by atoms with E-state index in [2.05, 4.69) is 6.07 Å². The molecule has 0 bridgehead atoms. The first-order chi connectivity index (χ1) is 21.8. The van der Waals surface area contributed by atoms with Crippen molar-refractivity contribution in [2.45, 2.75) is 46.8 Å². The van der Waals surface area contributed by atoms with E-state index in [1.54, 1.807) is 16.6 Å². The molecule has 1 aliphatic heterocycles. The molecular weight excluding hydrogens is 582 g/mol. The monoisotopic (exact) mass is 619 g/mol. The molecule has 0 fully saturated rings. The average Bonchev–Trinajstić information content (AvgIpc) is 3.35. The SMILES string of the molecule is CCN(CC)C(=O)C1=C(C)N=c2s/c(=C/c3c(OC(C)C)ccc4ccccc34)c(=O)n2[C@H]1c1c(OC)ccc2ccccc12. The fourth-order valence-electron chi connectivity index (χ4n) is 6.20. The van der Waals surface area contributed by atoms with Gasteiger partial charge in [-0.25, -0.2) is 4.99 Å². The Morgan fingerprint density at radius 2 is 1.58 bits per heavy atom. The summed E-state index contributed by atoms with van der Waals surface area (Å²) in [7, 11) is 1.62. The predicted octanol–water partition coefficient (Wildman–Crippen LogP) is 6.21. The maximum Gasteiger partial charge on any atom is 0.271 e. The molecule has 1 aliphatic rings. The third-order valence-electron chi connectivity index (χ3n) is 8.30. The summed E-state index contributed by atoms with van der Waals surface area (Å²) in [6.45, 7) is 10.8. The molecule has 8 heteroatoms. The van der Waals surface area contributed by atoms with Gasteiger partial charge in [0.2, 0.25) is 0 Å². The van der Waals surface area contributed by atoms with Crippen LogP contribution in [-0.2, 0) is 4.79 Å². The first kappa shape index (κ1) is 30.3. The van der Waals surface area contributed by atoms with E-state index in [0.29, 0.717) is 45.2 Å². The minimum Gasteiger partial charge on any atom is -0.496 e. The summed E-state index contributed by atoms with van der Waals surface area (Å²) in [5.74, 6) is 1.17. The number of ether oxygens (including phenoxy) is 2. The van der Waals surface area contributed by atoms with E-state index in [-0.39, 0.29) is 17.6 Å². The maximum atomic E-state index is 14.6. The lowest BCUT2D eigenvalue weighted by atomic mass is 9.90. The lowest BCUT2D eigenvalue weighted by molar-refractivity contribution is -0.127. The van der Waals surface area contributed by atoms with E-state index >= 15 is 0 Å². The van der Waals surface area contributed by atoms with Crippen LogP contribution in [0.15, 0.2) is 93.9 Å². The summed E-state index contributed by atoms with van der Waals surface area (Å²) in [6.07, 6.45) is 1.86. The Morgan fingerprint density at radius 3 is 2.22 bits per heavy atom. The Balaban J connectivity index is 1.68. The summed E-state index contributed by atoms with van der Waals surface area (Å²) in [6, 6.07) is 23.2. The van der Waals surface area contributed by atoms with E-state index in [4.69, 9.17) is 14.5 Å². The van der Waals surface area contributed by atoms with Gasteiger partial charge >= 0.3 is 0 Å². The van der Waals surface area contributed by atoms with Crippen molar-refractivity contribution in [1.82, 2.24) is 9.47 Å². The topological polar surface area (TPSA) is 73.1 Å². The molecule has 1 atom stereocenters. The van der Waals surface area contributed by atoms with E-state index in [0.717, 1.165) is 32.7 Å². The second-order valence-electron chi connectivity index (χ2n) is 11.3. The highest BCUT2D eigenvalue weighted by molar-refractivity contribution is 7.07. The number of hydrogen-bond acceptors (Lipinski definition) is 6. The number of rotatable bonds is 8. The molecule has 4 aromatic carbocycles. The summed E-state index contributed by atoms with van der Waals surface area (Å²) in [4.78, 5) is 36.1. The third kappa shape index (κ3) is 5.33. The van der Waals surface area contributed by atoms with E-state index in [1.165, 1.54) is 11.3 Å². The number of carbonyl (C=O) groups is 1. The summed E-state index contributed by atoms with van der Waals surface area (Å²) in [5, 5.41) is 3.94. The van der Waals surface area contributed by atoms with Gasteiger partial charge in [0.05, 0.1) is 29.0 Å². The van der Waals surface area contributed by atoms with Crippen LogP contribution >= 0.6 is 11.3 Å². The van der Waals surface area contributed by atoms with Gasteiger partial charge in [-0.1, -0.05) is 72.0 Å². The summed E-state index contributed by atoms with van der Waals surface area (Å²) >= 11 is 1.32. The highest BCUT2D eigenvalue weighted by atomic mass is 32.1. The van der Waals surface area contributed by atoms with Crippen molar-refractivity contribution >= 4 is 44.9 Å². The van der Waals surface area contributed by atoms with Crippen LogP contribution < -0.4 is 24.4 Å². The molecule has 1 amide bonds. The zero-order valence-corrected chi connectivity index (χ0v) is 27.3. The number of thiazole rings is 1. The van der Waals surface area contributed by atoms with Crippen LogP contribution in [0.3, 0.4) is 0 Å². The Morgan fingerprint density at radius 1 is 0.956 bits per heavy atom. The molecule has 1 aromatic heterocycles. The number of methoxy groups -OCH3 is 1. The third-order valence-corrected chi connectivity index (χ3v) is 9.28. The quantitative estimate of drug-likeness (QED) is 0.207. The number of aromatic nitrogens is 1. The first-order valence-electron chi connectivity index (χ1n) is 15.3. The van der Waals surface area contributed by atoms with Crippen LogP contribution in [0, 0.1) is 0 Å². The van der Waals surface area contributed by atoms with Crippen LogP contribution in [0.25, 0.3) is 27.6 Å². The Bertz CT molecular complexity index is 2150. The number of hydrogen-bond donors (Lipinski definition) is 0.